The molecule has 0 radical (unpaired) electrons. The first-order chi connectivity index (χ1) is 11.1. The van der Waals surface area contributed by atoms with Crippen LogP contribution in [0.5, 0.6) is 0 Å². The summed E-state index contributed by atoms with van der Waals surface area (Å²) in [6.07, 6.45) is -4.42. The van der Waals surface area contributed by atoms with Crippen LogP contribution in [0.25, 0.3) is 10.9 Å². The Labute approximate surface area is 139 Å². The second-order valence-corrected chi connectivity index (χ2v) is 7.74. The van der Waals surface area contributed by atoms with E-state index in [2.05, 4.69) is 0 Å². The lowest BCUT2D eigenvalue weighted by Crippen LogP contribution is -2.48. The fourth-order valence-electron chi connectivity index (χ4n) is 2.77. The number of halogens is 3. The number of sulfonamides is 1. The van der Waals surface area contributed by atoms with E-state index >= 15 is 0 Å². The van der Waals surface area contributed by atoms with Crippen molar-refractivity contribution in [1.82, 2.24) is 9.29 Å². The highest BCUT2D eigenvalue weighted by Crippen LogP contribution is 2.28. The van der Waals surface area contributed by atoms with Crippen molar-refractivity contribution in [2.75, 3.05) is 5.75 Å². The van der Waals surface area contributed by atoms with Gasteiger partial charge in [-0.2, -0.15) is 13.2 Å². The van der Waals surface area contributed by atoms with Crippen molar-refractivity contribution in [3.05, 3.63) is 35.5 Å². The third kappa shape index (κ3) is 3.92. The summed E-state index contributed by atoms with van der Waals surface area (Å²) in [5.41, 5.74) is 2.25. The zero-order valence-corrected chi connectivity index (χ0v) is 14.6. The third-order valence-corrected chi connectivity index (χ3v) is 5.69. The van der Waals surface area contributed by atoms with E-state index in [-0.39, 0.29) is 12.2 Å². The molecule has 1 aromatic carbocycles. The van der Waals surface area contributed by atoms with Gasteiger partial charge < -0.3 is 4.57 Å². The van der Waals surface area contributed by atoms with Crippen molar-refractivity contribution in [2.45, 2.75) is 46.0 Å². The van der Waals surface area contributed by atoms with Gasteiger partial charge >= 0.3 is 6.18 Å². The Kier molecular flexibility index (Phi) is 5.29. The number of rotatable bonds is 6. The lowest BCUT2D eigenvalue weighted by atomic mass is 10.2. The number of aromatic nitrogens is 1. The van der Waals surface area contributed by atoms with Crippen LogP contribution in [0.15, 0.2) is 24.3 Å². The van der Waals surface area contributed by atoms with Crippen molar-refractivity contribution in [2.24, 2.45) is 0 Å². The van der Waals surface area contributed by atoms with Crippen molar-refractivity contribution in [1.29, 1.82) is 0 Å². The van der Waals surface area contributed by atoms with Crippen molar-refractivity contribution in [3.8, 4) is 0 Å². The van der Waals surface area contributed by atoms with Gasteiger partial charge in [-0.15, -0.1) is 0 Å². The number of para-hydroxylation sites is 1. The normalized spacial score (nSPS) is 14.2. The minimum atomic E-state index is -4.67. The maximum absolute atomic E-state index is 13.4. The highest BCUT2D eigenvalue weighted by molar-refractivity contribution is 7.89. The van der Waals surface area contributed by atoms with Crippen molar-refractivity contribution in [3.63, 3.8) is 0 Å². The second kappa shape index (κ2) is 6.76. The number of hydrogen-bond acceptors (Lipinski definition) is 2. The highest BCUT2D eigenvalue weighted by atomic mass is 32.2. The minimum Gasteiger partial charge on any atom is -0.343 e. The Morgan fingerprint density at radius 1 is 1.21 bits per heavy atom. The smallest absolute Gasteiger partial charge is 0.343 e. The van der Waals surface area contributed by atoms with Gasteiger partial charge in [0.05, 0.1) is 5.75 Å². The molecule has 0 saturated carbocycles. The number of fused-ring (bicyclic) bond motifs is 1. The first kappa shape index (κ1) is 18.8. The van der Waals surface area contributed by atoms with E-state index in [0.29, 0.717) is 11.2 Å². The van der Waals surface area contributed by atoms with Gasteiger partial charge in [0.15, 0.2) is 0 Å². The first-order valence-electron chi connectivity index (χ1n) is 7.68. The lowest BCUT2D eigenvalue weighted by molar-refractivity contribution is -0.154. The number of alkyl halides is 3. The van der Waals surface area contributed by atoms with Crippen LogP contribution >= 0.6 is 0 Å². The Hall–Kier alpha value is -1.54. The van der Waals surface area contributed by atoms with E-state index in [1.54, 1.807) is 26.0 Å². The molecular weight excluding hydrogens is 341 g/mol. The topological polar surface area (TPSA) is 51.1 Å². The molecule has 0 spiro atoms. The molecule has 1 aromatic heterocycles. The molecule has 24 heavy (non-hydrogen) atoms. The largest absolute Gasteiger partial charge is 0.406 e. The molecular formula is C16H21F3N2O2S. The molecule has 0 fully saturated rings. The van der Waals surface area contributed by atoms with Crippen LogP contribution in [0.3, 0.4) is 0 Å². The van der Waals surface area contributed by atoms with E-state index in [1.807, 2.05) is 23.8 Å². The molecule has 4 nitrogen and oxygen atoms in total. The van der Waals surface area contributed by atoms with Crippen LogP contribution in [0, 0.1) is 13.8 Å². The minimum absolute atomic E-state index is 0.254. The maximum Gasteiger partial charge on any atom is 0.406 e. The quantitative estimate of drug-likeness (QED) is 0.855. The van der Waals surface area contributed by atoms with E-state index in [1.165, 1.54) is 4.57 Å². The first-order valence-corrected chi connectivity index (χ1v) is 9.33. The molecule has 0 bridgehead atoms. The molecule has 134 valence electrons. The third-order valence-electron chi connectivity index (χ3n) is 4.10. The van der Waals surface area contributed by atoms with Gasteiger partial charge in [-0.1, -0.05) is 25.1 Å². The molecule has 0 aliphatic heterocycles. The van der Waals surface area contributed by atoms with E-state index in [9.17, 15) is 21.6 Å². The van der Waals surface area contributed by atoms with E-state index in [0.717, 1.165) is 10.9 Å². The molecule has 1 heterocycles. The van der Waals surface area contributed by atoms with Crippen LogP contribution in [0.1, 0.15) is 24.6 Å². The van der Waals surface area contributed by atoms with Gasteiger partial charge in [-0.05, 0) is 31.9 Å². The Bertz CT molecular complexity index is 826. The average Bonchev–Trinajstić information content (AvgIpc) is 2.71. The molecule has 0 aliphatic carbocycles. The van der Waals surface area contributed by atoms with Gasteiger partial charge in [0, 0.05) is 23.1 Å². The van der Waals surface area contributed by atoms with Crippen LogP contribution in [0.4, 0.5) is 13.2 Å². The number of nitrogens with one attached hydrogen (secondary N) is 1. The van der Waals surface area contributed by atoms with E-state index < -0.39 is 28.8 Å². The summed E-state index contributed by atoms with van der Waals surface area (Å²) < 4.78 is 67.1. The zero-order valence-electron chi connectivity index (χ0n) is 13.8. The summed E-state index contributed by atoms with van der Waals surface area (Å²) in [5, 5.41) is 0.868. The van der Waals surface area contributed by atoms with Crippen LogP contribution in [-0.4, -0.2) is 31.0 Å². The SMILES string of the molecule is CCCS(=O)(=O)NC(Cn1c(C)c(C)c2ccccc21)C(F)(F)F. The molecule has 1 unspecified atom stereocenters. The molecule has 0 amide bonds. The van der Waals surface area contributed by atoms with E-state index in [4.69, 9.17) is 0 Å². The average molecular weight is 362 g/mol. The van der Waals surface area contributed by atoms with Crippen molar-refractivity contribution >= 4 is 20.9 Å². The maximum atomic E-state index is 13.4. The van der Waals surface area contributed by atoms with Crippen molar-refractivity contribution < 1.29 is 21.6 Å². The number of hydrogen-bond donors (Lipinski definition) is 1. The summed E-state index contributed by atoms with van der Waals surface area (Å²) in [5.74, 6) is -0.329. The van der Waals surface area contributed by atoms with Gasteiger partial charge in [-0.25, -0.2) is 13.1 Å². The predicted octanol–water partition coefficient (Wildman–Crippen LogP) is 3.52. The molecule has 2 rings (SSSR count). The zero-order chi connectivity index (χ0) is 18.1. The molecule has 2 aromatic rings. The van der Waals surface area contributed by atoms with Gasteiger partial charge in [-0.3, -0.25) is 0 Å². The lowest BCUT2D eigenvalue weighted by Gasteiger charge is -2.23. The second-order valence-electron chi connectivity index (χ2n) is 5.87. The summed E-state index contributed by atoms with van der Waals surface area (Å²) >= 11 is 0. The highest BCUT2D eigenvalue weighted by Gasteiger charge is 2.42. The Balaban J connectivity index is 2.43. The van der Waals surface area contributed by atoms with Crippen LogP contribution in [0.2, 0.25) is 0 Å². The molecule has 0 aliphatic rings. The summed E-state index contributed by atoms with van der Waals surface area (Å²) in [4.78, 5) is 0. The summed E-state index contributed by atoms with van der Waals surface area (Å²) in [6, 6.07) is 5.00. The van der Waals surface area contributed by atoms with Crippen LogP contribution in [-0.2, 0) is 16.6 Å². The molecule has 0 saturated heterocycles. The molecule has 1 N–H and O–H groups in total. The van der Waals surface area contributed by atoms with Gasteiger partial charge in [0.1, 0.15) is 6.04 Å². The molecule has 8 heteroatoms. The molecule has 1 atom stereocenters. The Morgan fingerprint density at radius 2 is 1.83 bits per heavy atom. The Morgan fingerprint density at radius 3 is 2.42 bits per heavy atom. The summed E-state index contributed by atoms with van der Waals surface area (Å²) in [7, 11) is -3.98. The number of aryl methyl sites for hydroxylation is 1. The fraction of sp³-hybridized carbons (Fsp3) is 0.500. The fourth-order valence-corrected chi connectivity index (χ4v) is 4.07. The monoisotopic (exact) mass is 362 g/mol. The number of nitrogens with zero attached hydrogens (tertiary/aromatic N) is 1. The van der Waals surface area contributed by atoms with Crippen LogP contribution < -0.4 is 4.72 Å². The van der Waals surface area contributed by atoms with Gasteiger partial charge in [0.2, 0.25) is 10.0 Å². The predicted molar refractivity (Wildman–Crippen MR) is 88.5 cm³/mol. The summed E-state index contributed by atoms with van der Waals surface area (Å²) in [6.45, 7) is 4.70. The standard InChI is InChI=1S/C16H21F3N2O2S/c1-4-9-24(22,23)20-15(16(17,18)19)10-21-12(3)11(2)13-7-5-6-8-14(13)21/h5-8,15,20H,4,9-10H2,1-3H3. The van der Waals surface area contributed by atoms with Gasteiger partial charge in [0.25, 0.3) is 0 Å². The number of benzene rings is 1.